The van der Waals surface area contributed by atoms with Crippen LogP contribution in [0.1, 0.15) is 0 Å². The van der Waals surface area contributed by atoms with Gasteiger partial charge in [0.15, 0.2) is 0 Å². The molecule has 0 unspecified atom stereocenters. The van der Waals surface area contributed by atoms with Crippen molar-refractivity contribution in [2.45, 2.75) is 0 Å². The lowest BCUT2D eigenvalue weighted by atomic mass is 10.0. The monoisotopic (exact) mass is 418 g/mol. The van der Waals surface area contributed by atoms with Crippen molar-refractivity contribution in [3.05, 3.63) is 99.2 Å². The number of hydrogen-bond donors (Lipinski definition) is 1. The van der Waals surface area contributed by atoms with Gasteiger partial charge in [-0.2, -0.15) is 0 Å². The molecule has 0 aliphatic rings. The summed E-state index contributed by atoms with van der Waals surface area (Å²) in [6.45, 7) is 0. The van der Waals surface area contributed by atoms with Crippen LogP contribution in [0.2, 0.25) is 0 Å². The standard InChI is InChI=1S/C24H12F2O5/c25-14-5-1-12(2-6-14)16-10-30-18-9-19-21(24(29)20(18)22(16)27)23(28)17(11-31-19)13-3-7-15(26)8-4-13/h1-11,29H. The predicted octanol–water partition coefficient (Wildman–Crippen LogP) is 5.22. The lowest BCUT2D eigenvalue weighted by Crippen LogP contribution is -2.09. The number of aromatic hydroxyl groups is 1. The first-order valence-corrected chi connectivity index (χ1v) is 9.19. The zero-order chi connectivity index (χ0) is 21.7. The smallest absolute Gasteiger partial charge is 0.204 e. The Morgan fingerprint density at radius 1 is 0.645 bits per heavy atom. The average molecular weight is 418 g/mol. The Morgan fingerprint density at radius 3 is 1.42 bits per heavy atom. The van der Waals surface area contributed by atoms with Crippen LogP contribution in [0.15, 0.2) is 85.5 Å². The largest absolute Gasteiger partial charge is 0.506 e. The maximum Gasteiger partial charge on any atom is 0.204 e. The van der Waals surface area contributed by atoms with Crippen LogP contribution in [-0.2, 0) is 0 Å². The summed E-state index contributed by atoms with van der Waals surface area (Å²) in [7, 11) is 0. The SMILES string of the molecule is O=c1c(-c2ccc(F)cc2)coc2cc3occ(-c4ccc(F)cc4)c(=O)c3c(O)c12. The van der Waals surface area contributed by atoms with Crippen LogP contribution in [0, 0.1) is 11.6 Å². The Bertz CT molecular complexity index is 1460. The van der Waals surface area contributed by atoms with E-state index >= 15 is 0 Å². The van der Waals surface area contributed by atoms with Crippen molar-refractivity contribution < 1.29 is 22.7 Å². The van der Waals surface area contributed by atoms with Crippen molar-refractivity contribution in [3.63, 3.8) is 0 Å². The second-order valence-corrected chi connectivity index (χ2v) is 6.94. The van der Waals surface area contributed by atoms with E-state index < -0.39 is 28.2 Å². The molecular formula is C24H12F2O5. The first-order valence-electron chi connectivity index (χ1n) is 9.19. The van der Waals surface area contributed by atoms with Crippen LogP contribution >= 0.6 is 0 Å². The molecule has 0 bridgehead atoms. The van der Waals surface area contributed by atoms with E-state index in [0.717, 1.165) is 0 Å². The second kappa shape index (κ2) is 6.91. The van der Waals surface area contributed by atoms with Crippen molar-refractivity contribution in [2.75, 3.05) is 0 Å². The third-order valence-electron chi connectivity index (χ3n) is 5.09. The van der Waals surface area contributed by atoms with Gasteiger partial charge in [0, 0.05) is 6.07 Å². The average Bonchev–Trinajstić information content (AvgIpc) is 2.76. The number of phenols is 1. The Kier molecular flexibility index (Phi) is 4.18. The minimum absolute atomic E-state index is 0.0264. The maximum absolute atomic E-state index is 13.2. The summed E-state index contributed by atoms with van der Waals surface area (Å²) in [5.41, 5.74) is -0.135. The van der Waals surface area contributed by atoms with Gasteiger partial charge in [-0.05, 0) is 35.4 Å². The van der Waals surface area contributed by atoms with Crippen molar-refractivity contribution in [1.29, 1.82) is 0 Å². The number of fused-ring (bicyclic) bond motifs is 2. The van der Waals surface area contributed by atoms with Gasteiger partial charge in [-0.15, -0.1) is 0 Å². The van der Waals surface area contributed by atoms with Crippen LogP contribution in [0.4, 0.5) is 8.78 Å². The van der Waals surface area contributed by atoms with Crippen molar-refractivity contribution in [3.8, 4) is 28.0 Å². The molecule has 0 fully saturated rings. The molecule has 5 nitrogen and oxygen atoms in total. The quantitative estimate of drug-likeness (QED) is 0.398. The fraction of sp³-hybridized carbons (Fsp3) is 0. The van der Waals surface area contributed by atoms with Crippen molar-refractivity contribution in [2.24, 2.45) is 0 Å². The fourth-order valence-corrected chi connectivity index (χ4v) is 3.52. The highest BCUT2D eigenvalue weighted by molar-refractivity contribution is 6.02. The minimum Gasteiger partial charge on any atom is -0.506 e. The number of phenolic OH excluding ortho intramolecular Hbond substituents is 1. The molecule has 0 radical (unpaired) electrons. The molecule has 2 aromatic heterocycles. The highest BCUT2D eigenvalue weighted by atomic mass is 19.1. The second-order valence-electron chi connectivity index (χ2n) is 6.94. The first kappa shape index (κ1) is 18.7. The van der Waals surface area contributed by atoms with Gasteiger partial charge in [0.2, 0.25) is 10.9 Å². The van der Waals surface area contributed by atoms with Crippen LogP contribution < -0.4 is 10.9 Å². The van der Waals surface area contributed by atoms with Crippen LogP contribution in [-0.4, -0.2) is 5.11 Å². The Morgan fingerprint density at radius 2 is 1.03 bits per heavy atom. The lowest BCUT2D eigenvalue weighted by Gasteiger charge is -2.08. The molecule has 0 atom stereocenters. The first-order chi connectivity index (χ1) is 14.9. The number of hydrogen-bond acceptors (Lipinski definition) is 5. The third-order valence-corrected chi connectivity index (χ3v) is 5.09. The summed E-state index contributed by atoms with van der Waals surface area (Å²) in [5, 5.41) is 10.5. The zero-order valence-electron chi connectivity index (χ0n) is 15.7. The van der Waals surface area contributed by atoms with E-state index in [4.69, 9.17) is 8.83 Å². The Balaban J connectivity index is 1.81. The number of benzene rings is 3. The van der Waals surface area contributed by atoms with Gasteiger partial charge in [-0.1, -0.05) is 24.3 Å². The molecule has 0 aliphatic heterocycles. The van der Waals surface area contributed by atoms with Gasteiger partial charge in [0.25, 0.3) is 0 Å². The third kappa shape index (κ3) is 2.98. The molecule has 5 rings (SSSR count). The molecule has 3 aromatic carbocycles. The van der Waals surface area contributed by atoms with E-state index in [1.807, 2.05) is 0 Å². The number of halogens is 2. The van der Waals surface area contributed by atoms with Crippen LogP contribution in [0.5, 0.6) is 5.75 Å². The molecule has 5 aromatic rings. The minimum atomic E-state index is -0.584. The van der Waals surface area contributed by atoms with E-state index in [1.54, 1.807) is 0 Å². The van der Waals surface area contributed by atoms with Gasteiger partial charge < -0.3 is 13.9 Å². The molecule has 1 N–H and O–H groups in total. The summed E-state index contributed by atoms with van der Waals surface area (Å²) < 4.78 is 37.5. The van der Waals surface area contributed by atoms with E-state index in [0.29, 0.717) is 11.1 Å². The molecule has 7 heteroatoms. The Labute approximate surface area is 172 Å². The normalized spacial score (nSPS) is 11.3. The maximum atomic E-state index is 13.2. The van der Waals surface area contributed by atoms with E-state index in [-0.39, 0.29) is 33.1 Å². The van der Waals surface area contributed by atoms with Gasteiger partial charge in [-0.3, -0.25) is 9.59 Å². The fourth-order valence-electron chi connectivity index (χ4n) is 3.52. The molecule has 0 saturated carbocycles. The molecule has 2 heterocycles. The lowest BCUT2D eigenvalue weighted by molar-refractivity contribution is 0.483. The Hall–Kier alpha value is -4.26. The van der Waals surface area contributed by atoms with E-state index in [9.17, 15) is 23.5 Å². The zero-order valence-corrected chi connectivity index (χ0v) is 15.7. The van der Waals surface area contributed by atoms with Gasteiger partial charge >= 0.3 is 0 Å². The number of rotatable bonds is 2. The molecule has 31 heavy (non-hydrogen) atoms. The summed E-state index contributed by atoms with van der Waals surface area (Å²) in [6, 6.07) is 11.8. The van der Waals surface area contributed by atoms with Gasteiger partial charge in [-0.25, -0.2) is 8.78 Å². The summed E-state index contributed by atoms with van der Waals surface area (Å²) >= 11 is 0. The predicted molar refractivity (Wildman–Crippen MR) is 111 cm³/mol. The van der Waals surface area contributed by atoms with Gasteiger partial charge in [0.05, 0.1) is 11.1 Å². The summed E-state index contributed by atoms with van der Waals surface area (Å²) in [6.07, 6.45) is 2.41. The van der Waals surface area contributed by atoms with Crippen molar-refractivity contribution >= 4 is 21.9 Å². The highest BCUT2D eigenvalue weighted by Gasteiger charge is 2.20. The van der Waals surface area contributed by atoms with Crippen LogP contribution in [0.3, 0.4) is 0 Å². The van der Waals surface area contributed by atoms with E-state index in [2.05, 4.69) is 0 Å². The summed E-state index contributed by atoms with van der Waals surface area (Å²) in [4.78, 5) is 26.2. The van der Waals surface area contributed by atoms with Crippen LogP contribution in [0.25, 0.3) is 44.2 Å². The van der Waals surface area contributed by atoms with E-state index in [1.165, 1.54) is 67.1 Å². The summed E-state index contributed by atoms with van der Waals surface area (Å²) in [5.74, 6) is -1.51. The molecule has 0 amide bonds. The molecule has 152 valence electrons. The molecule has 0 spiro atoms. The molecular weight excluding hydrogens is 406 g/mol. The highest BCUT2D eigenvalue weighted by Crippen LogP contribution is 2.33. The topological polar surface area (TPSA) is 80.7 Å². The van der Waals surface area contributed by atoms with Crippen molar-refractivity contribution in [1.82, 2.24) is 0 Å². The van der Waals surface area contributed by atoms with Gasteiger partial charge in [0.1, 0.15) is 51.8 Å². The molecule has 0 aliphatic carbocycles. The molecule has 0 saturated heterocycles.